The van der Waals surface area contributed by atoms with Gasteiger partial charge < -0.3 is 10.4 Å². The zero-order valence-electron chi connectivity index (χ0n) is 10.4. The third kappa shape index (κ3) is 2.66. The molecule has 0 saturated heterocycles. The van der Waals surface area contributed by atoms with Gasteiger partial charge in [-0.05, 0) is 25.0 Å². The van der Waals surface area contributed by atoms with Crippen molar-refractivity contribution < 1.29 is 10.0 Å². The summed E-state index contributed by atoms with van der Waals surface area (Å²) in [7, 11) is 0. The molecule has 1 aromatic rings. The molecule has 19 heavy (non-hydrogen) atoms. The smallest absolute Gasteiger partial charge is 0.287 e. The van der Waals surface area contributed by atoms with E-state index in [0.717, 1.165) is 25.7 Å². The number of hydrogen-bond donors (Lipinski definition) is 2. The van der Waals surface area contributed by atoms with Gasteiger partial charge in [0.2, 0.25) is 0 Å². The molecule has 0 atom stereocenters. The Morgan fingerprint density at radius 3 is 2.68 bits per heavy atom. The van der Waals surface area contributed by atoms with Crippen molar-refractivity contribution in [2.75, 3.05) is 11.9 Å². The summed E-state index contributed by atoms with van der Waals surface area (Å²) in [4.78, 5) is 10.2. The Morgan fingerprint density at radius 2 is 2.16 bits per heavy atom. The number of benzene rings is 1. The van der Waals surface area contributed by atoms with Gasteiger partial charge in [0.05, 0.1) is 17.1 Å². The number of nitrogens with zero attached hydrogens (tertiary/aromatic N) is 2. The van der Waals surface area contributed by atoms with Gasteiger partial charge in [0.15, 0.2) is 0 Å². The summed E-state index contributed by atoms with van der Waals surface area (Å²) in [6.45, 7) is 0.0197. The fourth-order valence-corrected chi connectivity index (χ4v) is 2.54. The van der Waals surface area contributed by atoms with Gasteiger partial charge in [-0.2, -0.15) is 5.26 Å². The molecule has 0 bridgehead atoms. The lowest BCUT2D eigenvalue weighted by Gasteiger charge is -2.29. The molecule has 0 amide bonds. The van der Waals surface area contributed by atoms with E-state index in [0.29, 0.717) is 5.69 Å². The molecule has 1 saturated carbocycles. The molecule has 1 fully saturated rings. The Hall–Kier alpha value is -2.13. The Balaban J connectivity index is 2.27. The van der Waals surface area contributed by atoms with Gasteiger partial charge in [-0.15, -0.1) is 0 Å². The second kappa shape index (κ2) is 5.24. The highest BCUT2D eigenvalue weighted by Gasteiger charge is 2.33. The Labute approximate surface area is 110 Å². The van der Waals surface area contributed by atoms with Crippen LogP contribution in [0.5, 0.6) is 0 Å². The lowest BCUT2D eigenvalue weighted by Crippen LogP contribution is -2.39. The number of nitro groups is 1. The van der Waals surface area contributed by atoms with E-state index in [-0.39, 0.29) is 23.4 Å². The molecule has 1 aliphatic carbocycles. The molecule has 2 N–H and O–H groups in total. The lowest BCUT2D eigenvalue weighted by atomic mass is 9.98. The molecule has 0 radical (unpaired) electrons. The summed E-state index contributed by atoms with van der Waals surface area (Å²) >= 11 is 0. The van der Waals surface area contributed by atoms with Crippen LogP contribution in [-0.2, 0) is 0 Å². The molecule has 100 valence electrons. The van der Waals surface area contributed by atoms with Gasteiger partial charge in [0.1, 0.15) is 11.6 Å². The lowest BCUT2D eigenvalue weighted by molar-refractivity contribution is -0.385. The van der Waals surface area contributed by atoms with Gasteiger partial charge >= 0.3 is 0 Å². The molecule has 0 spiro atoms. The summed E-state index contributed by atoms with van der Waals surface area (Å²) < 4.78 is 0. The number of aliphatic hydroxyl groups excluding tert-OH is 1. The monoisotopic (exact) mass is 261 g/mol. The number of hydrogen-bond acceptors (Lipinski definition) is 5. The first-order chi connectivity index (χ1) is 9.10. The predicted octanol–water partition coefficient (Wildman–Crippen LogP) is 2.18. The molecular weight excluding hydrogens is 246 g/mol. The molecule has 0 aliphatic heterocycles. The van der Waals surface area contributed by atoms with Crippen molar-refractivity contribution >= 4 is 11.4 Å². The third-order valence-corrected chi connectivity index (χ3v) is 3.59. The minimum atomic E-state index is -0.570. The quantitative estimate of drug-likeness (QED) is 0.639. The van der Waals surface area contributed by atoms with E-state index in [1.165, 1.54) is 12.1 Å². The maximum atomic E-state index is 10.7. The SMILES string of the molecule is N#Cc1cc(NC2(CO)CCCC2)ccc1[N+](=O)[O-]. The molecule has 1 aliphatic rings. The average molecular weight is 261 g/mol. The van der Waals surface area contributed by atoms with E-state index in [1.54, 1.807) is 6.07 Å². The first kappa shape index (κ1) is 13.3. The normalized spacial score (nSPS) is 16.8. The Bertz CT molecular complexity index is 530. The van der Waals surface area contributed by atoms with E-state index < -0.39 is 4.92 Å². The molecule has 0 heterocycles. The van der Waals surface area contributed by atoms with Gasteiger partial charge in [0, 0.05) is 11.8 Å². The standard InChI is InChI=1S/C13H15N3O3/c14-8-10-7-11(3-4-12(10)16(18)19)15-13(9-17)5-1-2-6-13/h3-4,7,15,17H,1-2,5-6,9H2. The fourth-order valence-electron chi connectivity index (χ4n) is 2.54. The van der Waals surface area contributed by atoms with Crippen molar-refractivity contribution in [1.29, 1.82) is 5.26 Å². The molecule has 1 aromatic carbocycles. The zero-order valence-corrected chi connectivity index (χ0v) is 10.4. The topological polar surface area (TPSA) is 99.2 Å². The number of aliphatic hydroxyl groups is 1. The first-order valence-corrected chi connectivity index (χ1v) is 6.18. The van der Waals surface area contributed by atoms with Crippen LogP contribution in [0.1, 0.15) is 31.2 Å². The van der Waals surface area contributed by atoms with Crippen LogP contribution in [0.4, 0.5) is 11.4 Å². The van der Waals surface area contributed by atoms with Crippen molar-refractivity contribution in [1.82, 2.24) is 0 Å². The highest BCUT2D eigenvalue weighted by molar-refractivity contribution is 5.59. The van der Waals surface area contributed by atoms with E-state index in [2.05, 4.69) is 5.32 Å². The minimum absolute atomic E-state index is 0.0197. The van der Waals surface area contributed by atoms with Crippen LogP contribution in [0.15, 0.2) is 18.2 Å². The number of nitriles is 1. The van der Waals surface area contributed by atoms with E-state index in [1.807, 2.05) is 6.07 Å². The van der Waals surface area contributed by atoms with Crippen molar-refractivity contribution in [3.05, 3.63) is 33.9 Å². The zero-order chi connectivity index (χ0) is 13.9. The van der Waals surface area contributed by atoms with Gasteiger partial charge in [-0.25, -0.2) is 0 Å². The third-order valence-electron chi connectivity index (χ3n) is 3.59. The maximum absolute atomic E-state index is 10.7. The summed E-state index contributed by atoms with van der Waals surface area (Å²) in [5.74, 6) is 0. The minimum Gasteiger partial charge on any atom is -0.394 e. The number of anilines is 1. The van der Waals surface area contributed by atoms with Crippen LogP contribution >= 0.6 is 0 Å². The van der Waals surface area contributed by atoms with Crippen LogP contribution in [0.3, 0.4) is 0 Å². The number of nitrogens with one attached hydrogen (secondary N) is 1. The van der Waals surface area contributed by atoms with Crippen LogP contribution in [0.2, 0.25) is 0 Å². The largest absolute Gasteiger partial charge is 0.394 e. The second-order valence-corrected chi connectivity index (χ2v) is 4.87. The van der Waals surface area contributed by atoms with Crippen molar-refractivity contribution in [2.45, 2.75) is 31.2 Å². The maximum Gasteiger partial charge on any atom is 0.287 e. The summed E-state index contributed by atoms with van der Waals surface area (Å²) in [6, 6.07) is 6.19. The number of rotatable bonds is 4. The highest BCUT2D eigenvalue weighted by Crippen LogP contribution is 2.33. The molecule has 0 unspecified atom stereocenters. The van der Waals surface area contributed by atoms with Crippen LogP contribution in [-0.4, -0.2) is 22.2 Å². The second-order valence-electron chi connectivity index (χ2n) is 4.87. The van der Waals surface area contributed by atoms with Crippen LogP contribution < -0.4 is 5.32 Å². The molecular formula is C13H15N3O3. The Morgan fingerprint density at radius 1 is 1.47 bits per heavy atom. The predicted molar refractivity (Wildman–Crippen MR) is 69.7 cm³/mol. The summed E-state index contributed by atoms with van der Waals surface area (Å²) in [6.07, 6.45) is 3.82. The van der Waals surface area contributed by atoms with E-state index in [9.17, 15) is 15.2 Å². The van der Waals surface area contributed by atoms with Gasteiger partial charge in [0.25, 0.3) is 5.69 Å². The van der Waals surface area contributed by atoms with Gasteiger partial charge in [-0.1, -0.05) is 12.8 Å². The van der Waals surface area contributed by atoms with Crippen molar-refractivity contribution in [3.63, 3.8) is 0 Å². The first-order valence-electron chi connectivity index (χ1n) is 6.18. The van der Waals surface area contributed by atoms with E-state index in [4.69, 9.17) is 5.26 Å². The molecule has 6 nitrogen and oxygen atoms in total. The van der Waals surface area contributed by atoms with E-state index >= 15 is 0 Å². The number of nitro benzene ring substituents is 1. The van der Waals surface area contributed by atoms with Crippen LogP contribution in [0, 0.1) is 21.4 Å². The molecule has 6 heteroatoms. The summed E-state index contributed by atoms with van der Waals surface area (Å²) in [5, 5.41) is 32.4. The molecule has 2 rings (SSSR count). The fraction of sp³-hybridized carbons (Fsp3) is 0.462. The average Bonchev–Trinajstić information content (AvgIpc) is 2.87. The van der Waals surface area contributed by atoms with Crippen molar-refractivity contribution in [2.24, 2.45) is 0 Å². The van der Waals surface area contributed by atoms with Crippen LogP contribution in [0.25, 0.3) is 0 Å². The van der Waals surface area contributed by atoms with Gasteiger partial charge in [-0.3, -0.25) is 10.1 Å². The highest BCUT2D eigenvalue weighted by atomic mass is 16.6. The van der Waals surface area contributed by atoms with Crippen molar-refractivity contribution in [3.8, 4) is 6.07 Å². The summed E-state index contributed by atoms with van der Waals surface area (Å²) in [5.41, 5.74) is 0.111. The Kier molecular flexibility index (Phi) is 3.67. The molecule has 0 aromatic heterocycles.